The van der Waals surface area contributed by atoms with Crippen molar-refractivity contribution in [1.29, 1.82) is 0 Å². The maximum atomic E-state index is 5.38. The van der Waals surface area contributed by atoms with Crippen LogP contribution in [0.25, 0.3) is 0 Å². The molecule has 1 atom stereocenters. The van der Waals surface area contributed by atoms with Crippen molar-refractivity contribution in [2.75, 3.05) is 16.9 Å². The van der Waals surface area contributed by atoms with Crippen LogP contribution in [0.4, 0.5) is 11.6 Å². The van der Waals surface area contributed by atoms with Crippen LogP contribution in [0, 0.1) is 0 Å². The fraction of sp³-hybridized carbons (Fsp3) is 0.600. The van der Waals surface area contributed by atoms with Crippen LogP contribution >= 0.6 is 15.9 Å². The molecule has 0 spiro atoms. The zero-order valence-electron chi connectivity index (χ0n) is 9.87. The van der Waals surface area contributed by atoms with Gasteiger partial charge in [0, 0.05) is 12.6 Å². The van der Waals surface area contributed by atoms with E-state index in [0.717, 1.165) is 23.3 Å². The number of nitrogen functional groups attached to an aromatic ring is 1. The number of hydrogen-bond donors (Lipinski definition) is 2. The lowest BCUT2D eigenvalue weighted by molar-refractivity contribution is 0.621. The molecule has 0 aliphatic heterocycles. The van der Waals surface area contributed by atoms with Crippen LogP contribution in [0.1, 0.15) is 27.2 Å². The van der Waals surface area contributed by atoms with Gasteiger partial charge in [-0.25, -0.2) is 15.8 Å². The Morgan fingerprint density at radius 3 is 2.69 bits per heavy atom. The molecule has 0 bridgehead atoms. The first kappa shape index (κ1) is 13.2. The summed E-state index contributed by atoms with van der Waals surface area (Å²) in [7, 11) is 0. The summed E-state index contributed by atoms with van der Waals surface area (Å²) in [5.41, 5.74) is 2.55. The van der Waals surface area contributed by atoms with Gasteiger partial charge >= 0.3 is 0 Å². The normalized spacial score (nSPS) is 12.3. The molecule has 1 aromatic heterocycles. The molecule has 0 aliphatic carbocycles. The number of anilines is 2. The van der Waals surface area contributed by atoms with E-state index in [9.17, 15) is 0 Å². The van der Waals surface area contributed by atoms with E-state index in [1.807, 2.05) is 0 Å². The molecule has 3 N–H and O–H groups in total. The number of nitrogens with two attached hydrogens (primary N) is 1. The molecule has 0 saturated carbocycles. The van der Waals surface area contributed by atoms with E-state index >= 15 is 0 Å². The Kier molecular flexibility index (Phi) is 4.95. The van der Waals surface area contributed by atoms with Crippen LogP contribution in [0.15, 0.2) is 10.8 Å². The Morgan fingerprint density at radius 2 is 2.19 bits per heavy atom. The predicted molar refractivity (Wildman–Crippen MR) is 70.3 cm³/mol. The summed E-state index contributed by atoms with van der Waals surface area (Å²) in [5, 5.41) is 0. The minimum Gasteiger partial charge on any atom is -0.353 e. The standard InChI is InChI=1S/C10H18BrN5/c1-4-7(3)16(5-2)10-8(11)9(15-12)13-6-14-10/h6-7H,4-5,12H2,1-3H3,(H,13,14,15). The van der Waals surface area contributed by atoms with Gasteiger partial charge in [0.15, 0.2) is 5.82 Å². The summed E-state index contributed by atoms with van der Waals surface area (Å²) in [5.74, 6) is 6.86. The fourth-order valence-electron chi connectivity index (χ4n) is 1.55. The van der Waals surface area contributed by atoms with Crippen molar-refractivity contribution in [1.82, 2.24) is 9.97 Å². The van der Waals surface area contributed by atoms with E-state index in [2.05, 4.69) is 57.0 Å². The van der Waals surface area contributed by atoms with Gasteiger partial charge in [-0.05, 0) is 36.2 Å². The van der Waals surface area contributed by atoms with Gasteiger partial charge in [0.2, 0.25) is 0 Å². The number of hydrazine groups is 1. The van der Waals surface area contributed by atoms with Crippen LogP contribution in [0.5, 0.6) is 0 Å². The molecule has 0 radical (unpaired) electrons. The molecule has 0 aliphatic rings. The van der Waals surface area contributed by atoms with Gasteiger partial charge in [-0.15, -0.1) is 0 Å². The molecule has 1 aromatic rings. The Balaban J connectivity index is 3.10. The quantitative estimate of drug-likeness (QED) is 0.642. The zero-order chi connectivity index (χ0) is 12.1. The zero-order valence-corrected chi connectivity index (χ0v) is 11.5. The van der Waals surface area contributed by atoms with Gasteiger partial charge in [0.1, 0.15) is 16.6 Å². The Labute approximate surface area is 105 Å². The van der Waals surface area contributed by atoms with Crippen molar-refractivity contribution in [3.05, 3.63) is 10.8 Å². The van der Waals surface area contributed by atoms with E-state index in [0.29, 0.717) is 11.9 Å². The first-order valence-electron chi connectivity index (χ1n) is 5.39. The predicted octanol–water partition coefficient (Wildman–Crippen LogP) is 2.15. The maximum absolute atomic E-state index is 5.38. The molecule has 0 aromatic carbocycles. The van der Waals surface area contributed by atoms with E-state index in [-0.39, 0.29) is 0 Å². The van der Waals surface area contributed by atoms with E-state index in [1.54, 1.807) is 0 Å². The molecule has 16 heavy (non-hydrogen) atoms. The van der Waals surface area contributed by atoms with Crippen LogP contribution in [0.3, 0.4) is 0 Å². The SMILES string of the molecule is CCC(C)N(CC)c1ncnc(NN)c1Br. The topological polar surface area (TPSA) is 67.1 Å². The molecule has 1 heterocycles. The lowest BCUT2D eigenvalue weighted by atomic mass is 10.2. The van der Waals surface area contributed by atoms with Gasteiger partial charge in [-0.1, -0.05) is 6.92 Å². The fourth-order valence-corrected chi connectivity index (χ4v) is 2.10. The molecule has 0 amide bonds. The van der Waals surface area contributed by atoms with Gasteiger partial charge in [-0.3, -0.25) is 0 Å². The van der Waals surface area contributed by atoms with Crippen molar-refractivity contribution < 1.29 is 0 Å². The molecule has 90 valence electrons. The molecular weight excluding hydrogens is 270 g/mol. The minimum atomic E-state index is 0.432. The van der Waals surface area contributed by atoms with Crippen molar-refractivity contribution in [2.24, 2.45) is 5.84 Å². The first-order chi connectivity index (χ1) is 7.65. The highest BCUT2D eigenvalue weighted by molar-refractivity contribution is 9.10. The second-order valence-electron chi connectivity index (χ2n) is 3.55. The third-order valence-corrected chi connectivity index (χ3v) is 3.37. The molecule has 5 nitrogen and oxygen atoms in total. The molecule has 0 saturated heterocycles. The number of nitrogens with zero attached hydrogens (tertiary/aromatic N) is 3. The van der Waals surface area contributed by atoms with Crippen LogP contribution < -0.4 is 16.2 Å². The number of hydrogen-bond acceptors (Lipinski definition) is 5. The number of halogens is 1. The summed E-state index contributed by atoms with van der Waals surface area (Å²) in [6.07, 6.45) is 2.58. The number of nitrogens with one attached hydrogen (secondary N) is 1. The first-order valence-corrected chi connectivity index (χ1v) is 6.18. The smallest absolute Gasteiger partial charge is 0.159 e. The summed E-state index contributed by atoms with van der Waals surface area (Å²) < 4.78 is 0.805. The highest BCUT2D eigenvalue weighted by Gasteiger charge is 2.17. The second kappa shape index (κ2) is 6.00. The Hall–Kier alpha value is -0.880. The van der Waals surface area contributed by atoms with Crippen LogP contribution in [-0.4, -0.2) is 22.6 Å². The van der Waals surface area contributed by atoms with E-state index in [1.165, 1.54) is 6.33 Å². The molecule has 6 heteroatoms. The summed E-state index contributed by atoms with van der Waals surface area (Å²) >= 11 is 3.47. The lowest BCUT2D eigenvalue weighted by Gasteiger charge is -2.29. The molecule has 1 unspecified atom stereocenters. The number of aromatic nitrogens is 2. The Morgan fingerprint density at radius 1 is 1.50 bits per heavy atom. The van der Waals surface area contributed by atoms with Gasteiger partial charge in [0.05, 0.1) is 0 Å². The summed E-state index contributed by atoms with van der Waals surface area (Å²) in [6, 6.07) is 0.432. The highest BCUT2D eigenvalue weighted by Crippen LogP contribution is 2.30. The van der Waals surface area contributed by atoms with Gasteiger partial charge < -0.3 is 10.3 Å². The van der Waals surface area contributed by atoms with Crippen molar-refractivity contribution in [3.8, 4) is 0 Å². The third-order valence-electron chi connectivity index (χ3n) is 2.64. The monoisotopic (exact) mass is 287 g/mol. The Bertz CT molecular complexity index is 344. The minimum absolute atomic E-state index is 0.432. The van der Waals surface area contributed by atoms with E-state index in [4.69, 9.17) is 5.84 Å². The van der Waals surface area contributed by atoms with Crippen LogP contribution in [0.2, 0.25) is 0 Å². The lowest BCUT2D eigenvalue weighted by Crippen LogP contribution is -2.33. The second-order valence-corrected chi connectivity index (χ2v) is 4.34. The third kappa shape index (κ3) is 2.62. The highest BCUT2D eigenvalue weighted by atomic mass is 79.9. The van der Waals surface area contributed by atoms with Crippen molar-refractivity contribution in [3.63, 3.8) is 0 Å². The van der Waals surface area contributed by atoms with Gasteiger partial charge in [-0.2, -0.15) is 0 Å². The summed E-state index contributed by atoms with van der Waals surface area (Å²) in [4.78, 5) is 10.6. The largest absolute Gasteiger partial charge is 0.353 e. The number of rotatable bonds is 5. The average molecular weight is 288 g/mol. The summed E-state index contributed by atoms with van der Waals surface area (Å²) in [6.45, 7) is 7.34. The molecule has 1 rings (SSSR count). The molecule has 0 fully saturated rings. The van der Waals surface area contributed by atoms with Gasteiger partial charge in [0.25, 0.3) is 0 Å². The molecular formula is C10H18BrN5. The van der Waals surface area contributed by atoms with Crippen LogP contribution in [-0.2, 0) is 0 Å². The average Bonchev–Trinajstić information content (AvgIpc) is 2.31. The van der Waals surface area contributed by atoms with E-state index < -0.39 is 0 Å². The maximum Gasteiger partial charge on any atom is 0.159 e. The van der Waals surface area contributed by atoms with Crippen molar-refractivity contribution >= 4 is 27.6 Å². The van der Waals surface area contributed by atoms with Crippen molar-refractivity contribution in [2.45, 2.75) is 33.2 Å².